The largest absolute Gasteiger partial charge is 0.444 e. The van der Waals surface area contributed by atoms with Gasteiger partial charge < -0.3 is 35.4 Å². The summed E-state index contributed by atoms with van der Waals surface area (Å²) in [5, 5.41) is 19.7. The van der Waals surface area contributed by atoms with E-state index in [0.717, 1.165) is 18.7 Å². The predicted octanol–water partition coefficient (Wildman–Crippen LogP) is 1.06. The van der Waals surface area contributed by atoms with Crippen molar-refractivity contribution in [3.05, 3.63) is 35.9 Å². The number of aliphatic hydroxyl groups excluding tert-OH is 1. The van der Waals surface area contributed by atoms with Crippen LogP contribution in [0.15, 0.2) is 30.3 Å². The van der Waals surface area contributed by atoms with Crippen LogP contribution in [0.3, 0.4) is 0 Å². The molecule has 0 radical (unpaired) electrons. The molecular formula is C31H49N5O7. The maximum absolute atomic E-state index is 13.7. The molecule has 4 atom stereocenters. The number of benzene rings is 1. The predicted molar refractivity (Wildman–Crippen MR) is 161 cm³/mol. The van der Waals surface area contributed by atoms with Crippen molar-refractivity contribution >= 4 is 23.8 Å². The fourth-order valence-electron chi connectivity index (χ4n) is 5.28. The number of alkyl carbamates (subject to hydrolysis) is 1. The standard InChI is InChI=1S/C31H49N5O7/c1-21(2)25(34-30(41)43-31(3,4)5)28(39)33-23(20-22-10-7-6-8-11-22)26(37)29(40)36-14-9-12-24(36)27(38)32-13-15-35-16-18-42-19-17-35/h6-8,10-11,21,23-26,37H,9,12-20H2,1-5H3,(H,32,38)(H,33,39)(H,34,41)/t23-,24-,25-,26?/m0/s1. The van der Waals surface area contributed by atoms with E-state index < -0.39 is 47.7 Å². The van der Waals surface area contributed by atoms with Crippen molar-refractivity contribution in [2.45, 2.75) is 83.7 Å². The number of ether oxygens (including phenoxy) is 2. The number of hydrogen-bond acceptors (Lipinski definition) is 8. The van der Waals surface area contributed by atoms with E-state index in [9.17, 15) is 24.3 Å². The van der Waals surface area contributed by atoms with Crippen LogP contribution >= 0.6 is 0 Å². The molecule has 0 spiro atoms. The van der Waals surface area contributed by atoms with E-state index in [0.29, 0.717) is 45.7 Å². The van der Waals surface area contributed by atoms with Crippen molar-refractivity contribution < 1.29 is 33.8 Å². The summed E-state index contributed by atoms with van der Waals surface area (Å²) in [4.78, 5) is 56.3. The van der Waals surface area contributed by atoms with Gasteiger partial charge in [0.15, 0.2) is 6.10 Å². The Hall–Kier alpha value is -3.22. The van der Waals surface area contributed by atoms with Gasteiger partial charge in [0, 0.05) is 32.7 Å². The zero-order valence-corrected chi connectivity index (χ0v) is 26.1. The van der Waals surface area contributed by atoms with Crippen molar-refractivity contribution in [3.8, 4) is 0 Å². The first kappa shape index (κ1) is 34.3. The normalized spacial score (nSPS) is 19.8. The number of aliphatic hydroxyl groups is 1. The number of nitrogens with zero attached hydrogens (tertiary/aromatic N) is 2. The molecule has 0 aromatic heterocycles. The number of amides is 4. The third-order valence-electron chi connectivity index (χ3n) is 7.55. The molecule has 2 aliphatic rings. The average Bonchev–Trinajstić information content (AvgIpc) is 3.45. The van der Waals surface area contributed by atoms with E-state index in [1.807, 2.05) is 30.3 Å². The van der Waals surface area contributed by atoms with Crippen LogP contribution in [0, 0.1) is 5.92 Å². The van der Waals surface area contributed by atoms with Gasteiger partial charge in [0.05, 0.1) is 19.3 Å². The molecule has 3 rings (SSSR count). The second-order valence-corrected chi connectivity index (χ2v) is 12.6. The first-order valence-corrected chi connectivity index (χ1v) is 15.3. The molecule has 1 aromatic carbocycles. The lowest BCUT2D eigenvalue weighted by atomic mass is 9.97. The maximum atomic E-state index is 13.7. The van der Waals surface area contributed by atoms with E-state index >= 15 is 0 Å². The monoisotopic (exact) mass is 603 g/mol. The topological polar surface area (TPSA) is 150 Å². The number of carbonyl (C=O) groups excluding carboxylic acids is 4. The molecule has 2 saturated heterocycles. The minimum Gasteiger partial charge on any atom is -0.444 e. The lowest BCUT2D eigenvalue weighted by Crippen LogP contribution is -2.59. The fourth-order valence-corrected chi connectivity index (χ4v) is 5.28. The van der Waals surface area contributed by atoms with Gasteiger partial charge in [0.1, 0.15) is 17.7 Å². The summed E-state index contributed by atoms with van der Waals surface area (Å²) >= 11 is 0. The summed E-state index contributed by atoms with van der Waals surface area (Å²) in [6, 6.07) is 6.54. The van der Waals surface area contributed by atoms with Crippen molar-refractivity contribution in [1.29, 1.82) is 0 Å². The Morgan fingerprint density at radius 3 is 2.35 bits per heavy atom. The van der Waals surface area contributed by atoms with Crippen LogP contribution in [0.5, 0.6) is 0 Å². The molecule has 4 amide bonds. The Kier molecular flexibility index (Phi) is 12.8. The Morgan fingerprint density at radius 2 is 1.72 bits per heavy atom. The second kappa shape index (κ2) is 16.0. The Morgan fingerprint density at radius 1 is 1.05 bits per heavy atom. The van der Waals surface area contributed by atoms with Gasteiger partial charge in [0.25, 0.3) is 5.91 Å². The Bertz CT molecular complexity index is 1070. The van der Waals surface area contributed by atoms with Gasteiger partial charge in [-0.25, -0.2) is 4.79 Å². The highest BCUT2D eigenvalue weighted by atomic mass is 16.6. The molecule has 2 aliphatic heterocycles. The van der Waals surface area contributed by atoms with Crippen LogP contribution in [-0.2, 0) is 30.3 Å². The number of rotatable bonds is 12. The van der Waals surface area contributed by atoms with E-state index in [4.69, 9.17) is 9.47 Å². The van der Waals surface area contributed by atoms with Crippen molar-refractivity contribution in [1.82, 2.24) is 25.8 Å². The van der Waals surface area contributed by atoms with Crippen LogP contribution in [0.1, 0.15) is 53.0 Å². The average molecular weight is 604 g/mol. The molecule has 4 N–H and O–H groups in total. The van der Waals surface area contributed by atoms with Gasteiger partial charge in [0.2, 0.25) is 11.8 Å². The van der Waals surface area contributed by atoms with Gasteiger partial charge >= 0.3 is 6.09 Å². The molecule has 240 valence electrons. The molecule has 0 bridgehead atoms. The number of hydrogen-bond donors (Lipinski definition) is 4. The molecule has 12 nitrogen and oxygen atoms in total. The van der Waals surface area contributed by atoms with Crippen LogP contribution in [0.25, 0.3) is 0 Å². The van der Waals surface area contributed by atoms with Crippen LogP contribution < -0.4 is 16.0 Å². The first-order chi connectivity index (χ1) is 20.4. The summed E-state index contributed by atoms with van der Waals surface area (Å²) in [6.45, 7) is 13.2. The zero-order chi connectivity index (χ0) is 31.6. The molecule has 0 aliphatic carbocycles. The number of nitrogens with one attached hydrogen (secondary N) is 3. The maximum Gasteiger partial charge on any atom is 0.408 e. The molecular weight excluding hydrogens is 554 g/mol. The van der Waals surface area contributed by atoms with E-state index in [-0.39, 0.29) is 18.2 Å². The van der Waals surface area contributed by atoms with Gasteiger partial charge in [-0.1, -0.05) is 44.2 Å². The smallest absolute Gasteiger partial charge is 0.408 e. The van der Waals surface area contributed by atoms with Crippen molar-refractivity contribution in [3.63, 3.8) is 0 Å². The van der Waals surface area contributed by atoms with Crippen molar-refractivity contribution in [2.75, 3.05) is 45.9 Å². The lowest BCUT2D eigenvalue weighted by Gasteiger charge is -2.32. The summed E-state index contributed by atoms with van der Waals surface area (Å²) in [6.07, 6.45) is -1.06. The molecule has 0 saturated carbocycles. The third-order valence-corrected chi connectivity index (χ3v) is 7.55. The third kappa shape index (κ3) is 10.8. The quantitative estimate of drug-likeness (QED) is 0.277. The number of likely N-dealkylation sites (tertiary alicyclic amines) is 1. The van der Waals surface area contributed by atoms with Gasteiger partial charge in [-0.05, 0) is 51.5 Å². The number of carbonyl (C=O) groups is 4. The summed E-state index contributed by atoms with van der Waals surface area (Å²) in [5.41, 5.74) is 0.0569. The minimum absolute atomic E-state index is 0.168. The lowest BCUT2D eigenvalue weighted by molar-refractivity contribution is -0.147. The molecule has 2 heterocycles. The molecule has 2 fully saturated rings. The van der Waals surface area contributed by atoms with E-state index in [1.165, 1.54) is 4.90 Å². The SMILES string of the molecule is CC(C)[C@H](NC(=O)OC(C)(C)C)C(=O)N[C@@H](Cc1ccccc1)C(O)C(=O)N1CCC[C@H]1C(=O)NCCN1CCOCC1. The van der Waals surface area contributed by atoms with Crippen LogP contribution in [-0.4, -0.2) is 114 Å². The highest BCUT2D eigenvalue weighted by molar-refractivity contribution is 5.91. The summed E-state index contributed by atoms with van der Waals surface area (Å²) in [5.74, 6) is -1.72. The fraction of sp³-hybridized carbons (Fsp3) is 0.677. The summed E-state index contributed by atoms with van der Waals surface area (Å²) < 4.78 is 10.7. The van der Waals surface area contributed by atoms with E-state index in [2.05, 4.69) is 20.9 Å². The Balaban J connectivity index is 1.69. The zero-order valence-electron chi connectivity index (χ0n) is 26.1. The molecule has 12 heteroatoms. The molecule has 43 heavy (non-hydrogen) atoms. The van der Waals surface area contributed by atoms with Crippen molar-refractivity contribution in [2.24, 2.45) is 5.92 Å². The van der Waals surface area contributed by atoms with Gasteiger partial charge in [-0.2, -0.15) is 0 Å². The van der Waals surface area contributed by atoms with Gasteiger partial charge in [-0.3, -0.25) is 19.3 Å². The molecule has 1 unspecified atom stereocenters. The summed E-state index contributed by atoms with van der Waals surface area (Å²) in [7, 11) is 0. The van der Waals surface area contributed by atoms with Gasteiger partial charge in [-0.15, -0.1) is 0 Å². The van der Waals surface area contributed by atoms with Crippen LogP contribution in [0.2, 0.25) is 0 Å². The van der Waals surface area contributed by atoms with E-state index in [1.54, 1.807) is 34.6 Å². The van der Waals surface area contributed by atoms with Crippen LogP contribution in [0.4, 0.5) is 4.79 Å². The highest BCUT2D eigenvalue weighted by Crippen LogP contribution is 2.21. The highest BCUT2D eigenvalue weighted by Gasteiger charge is 2.40. The first-order valence-electron chi connectivity index (χ1n) is 15.3. The number of morpholine rings is 1. The second-order valence-electron chi connectivity index (χ2n) is 12.6. The molecule has 1 aromatic rings. The minimum atomic E-state index is -1.61. The Labute approximate surface area is 254 Å².